The standard InChI is InChI=1S/C18H15F3N2O/c19-18(20,21)17(24)12-23-16(14-9-5-2-6-10-14)11-15(22-23)13-7-3-1-4-8-13/h1-11,17,24H,12H2. The van der Waals surface area contributed by atoms with Gasteiger partial charge in [-0.2, -0.15) is 18.3 Å². The van der Waals surface area contributed by atoms with Gasteiger partial charge in [0.15, 0.2) is 6.10 Å². The fourth-order valence-corrected chi connectivity index (χ4v) is 2.41. The predicted octanol–water partition coefficient (Wildman–Crippen LogP) is 4.14. The van der Waals surface area contributed by atoms with Gasteiger partial charge in [-0.15, -0.1) is 0 Å². The molecule has 2 aromatic carbocycles. The van der Waals surface area contributed by atoms with Crippen molar-refractivity contribution in [2.24, 2.45) is 0 Å². The van der Waals surface area contributed by atoms with Crippen molar-refractivity contribution in [3.8, 4) is 22.5 Å². The van der Waals surface area contributed by atoms with Crippen LogP contribution in [0.3, 0.4) is 0 Å². The van der Waals surface area contributed by atoms with Crippen molar-refractivity contribution in [2.75, 3.05) is 0 Å². The first-order chi connectivity index (χ1) is 11.4. The molecule has 1 N–H and O–H groups in total. The summed E-state index contributed by atoms with van der Waals surface area (Å²) in [5, 5.41) is 13.7. The number of aromatic nitrogens is 2. The Bertz CT molecular complexity index is 798. The number of nitrogens with zero attached hydrogens (tertiary/aromatic N) is 2. The molecule has 0 saturated heterocycles. The number of hydrogen-bond acceptors (Lipinski definition) is 2. The van der Waals surface area contributed by atoms with E-state index < -0.39 is 18.8 Å². The highest BCUT2D eigenvalue weighted by molar-refractivity contribution is 5.68. The molecule has 124 valence electrons. The Hall–Kier alpha value is -2.60. The van der Waals surface area contributed by atoms with Gasteiger partial charge in [0, 0.05) is 5.56 Å². The Labute approximate surface area is 137 Å². The van der Waals surface area contributed by atoms with E-state index in [4.69, 9.17) is 0 Å². The summed E-state index contributed by atoms with van der Waals surface area (Å²) < 4.78 is 39.3. The van der Waals surface area contributed by atoms with Crippen LogP contribution < -0.4 is 0 Å². The molecule has 3 nitrogen and oxygen atoms in total. The van der Waals surface area contributed by atoms with Crippen LogP contribution in [-0.4, -0.2) is 27.2 Å². The van der Waals surface area contributed by atoms with Crippen molar-refractivity contribution >= 4 is 0 Å². The molecule has 0 saturated carbocycles. The Morgan fingerprint density at radius 1 is 0.917 bits per heavy atom. The van der Waals surface area contributed by atoms with Gasteiger partial charge in [0.25, 0.3) is 0 Å². The molecule has 0 spiro atoms. The average molecular weight is 332 g/mol. The second-order valence-electron chi connectivity index (χ2n) is 5.39. The molecule has 0 radical (unpaired) electrons. The molecule has 1 heterocycles. The molecule has 3 aromatic rings. The Balaban J connectivity index is 2.04. The molecule has 0 aliphatic carbocycles. The Morgan fingerprint density at radius 3 is 2.00 bits per heavy atom. The van der Waals surface area contributed by atoms with E-state index in [2.05, 4.69) is 5.10 Å². The number of aliphatic hydroxyl groups excluding tert-OH is 1. The number of rotatable bonds is 4. The fourth-order valence-electron chi connectivity index (χ4n) is 2.41. The summed E-state index contributed by atoms with van der Waals surface area (Å²) in [6.07, 6.45) is -7.16. The molecule has 1 aromatic heterocycles. The minimum atomic E-state index is -4.69. The molecule has 0 aliphatic heterocycles. The van der Waals surface area contributed by atoms with Gasteiger partial charge >= 0.3 is 6.18 Å². The molecule has 0 amide bonds. The van der Waals surface area contributed by atoms with E-state index in [9.17, 15) is 18.3 Å². The van der Waals surface area contributed by atoms with Crippen LogP contribution >= 0.6 is 0 Å². The summed E-state index contributed by atoms with van der Waals surface area (Å²) >= 11 is 0. The van der Waals surface area contributed by atoms with Crippen LogP contribution in [0.2, 0.25) is 0 Å². The molecular formula is C18H15F3N2O. The zero-order valence-electron chi connectivity index (χ0n) is 12.6. The highest BCUT2D eigenvalue weighted by Gasteiger charge is 2.39. The van der Waals surface area contributed by atoms with Crippen molar-refractivity contribution in [3.63, 3.8) is 0 Å². The van der Waals surface area contributed by atoms with Crippen molar-refractivity contribution < 1.29 is 18.3 Å². The number of alkyl halides is 3. The number of aliphatic hydroxyl groups is 1. The first kappa shape index (κ1) is 16.3. The maximum atomic E-state index is 12.7. The van der Waals surface area contributed by atoms with Gasteiger partial charge in [-0.3, -0.25) is 4.68 Å². The summed E-state index contributed by atoms with van der Waals surface area (Å²) in [6, 6.07) is 19.9. The highest BCUT2D eigenvalue weighted by atomic mass is 19.4. The van der Waals surface area contributed by atoms with E-state index in [1.807, 2.05) is 36.4 Å². The monoisotopic (exact) mass is 332 g/mol. The van der Waals surface area contributed by atoms with E-state index in [-0.39, 0.29) is 0 Å². The van der Waals surface area contributed by atoms with E-state index in [0.29, 0.717) is 11.4 Å². The second-order valence-corrected chi connectivity index (χ2v) is 5.39. The van der Waals surface area contributed by atoms with Crippen LogP contribution in [0, 0.1) is 0 Å². The molecule has 0 aliphatic rings. The van der Waals surface area contributed by atoms with Gasteiger partial charge in [0.1, 0.15) is 0 Å². The lowest BCUT2D eigenvalue weighted by Gasteiger charge is -2.16. The zero-order valence-corrected chi connectivity index (χ0v) is 12.6. The van der Waals surface area contributed by atoms with Gasteiger partial charge in [-0.05, 0) is 11.6 Å². The zero-order chi connectivity index (χ0) is 17.2. The van der Waals surface area contributed by atoms with Crippen LogP contribution in [0.15, 0.2) is 66.7 Å². The largest absolute Gasteiger partial charge is 0.416 e. The van der Waals surface area contributed by atoms with E-state index in [1.165, 1.54) is 4.68 Å². The maximum Gasteiger partial charge on any atom is 0.416 e. The number of halogens is 3. The number of benzene rings is 2. The van der Waals surface area contributed by atoms with E-state index in [0.717, 1.165) is 11.1 Å². The van der Waals surface area contributed by atoms with Gasteiger partial charge in [-0.25, -0.2) is 0 Å². The third-order valence-electron chi connectivity index (χ3n) is 3.64. The van der Waals surface area contributed by atoms with Gasteiger partial charge in [0.05, 0.1) is 17.9 Å². The fraction of sp³-hybridized carbons (Fsp3) is 0.167. The smallest absolute Gasteiger partial charge is 0.382 e. The van der Waals surface area contributed by atoms with Crippen LogP contribution in [0.1, 0.15) is 0 Å². The Morgan fingerprint density at radius 2 is 1.46 bits per heavy atom. The third kappa shape index (κ3) is 3.49. The molecule has 24 heavy (non-hydrogen) atoms. The lowest BCUT2D eigenvalue weighted by atomic mass is 10.1. The lowest BCUT2D eigenvalue weighted by molar-refractivity contribution is -0.207. The van der Waals surface area contributed by atoms with E-state index in [1.54, 1.807) is 30.3 Å². The summed E-state index contributed by atoms with van der Waals surface area (Å²) in [7, 11) is 0. The summed E-state index contributed by atoms with van der Waals surface area (Å²) in [4.78, 5) is 0. The van der Waals surface area contributed by atoms with Crippen LogP contribution in [0.25, 0.3) is 22.5 Å². The SMILES string of the molecule is OC(Cn1nc(-c2ccccc2)cc1-c1ccccc1)C(F)(F)F. The highest BCUT2D eigenvalue weighted by Crippen LogP contribution is 2.28. The normalized spacial score (nSPS) is 13.0. The molecule has 1 atom stereocenters. The molecular weight excluding hydrogens is 317 g/mol. The van der Waals surface area contributed by atoms with Gasteiger partial charge < -0.3 is 5.11 Å². The van der Waals surface area contributed by atoms with Crippen LogP contribution in [-0.2, 0) is 6.54 Å². The van der Waals surface area contributed by atoms with Gasteiger partial charge in [-0.1, -0.05) is 60.7 Å². The summed E-state index contributed by atoms with van der Waals surface area (Å²) in [5.74, 6) is 0. The van der Waals surface area contributed by atoms with Crippen molar-refractivity contribution in [3.05, 3.63) is 66.7 Å². The minimum Gasteiger partial charge on any atom is -0.382 e. The van der Waals surface area contributed by atoms with Crippen molar-refractivity contribution in [2.45, 2.75) is 18.8 Å². The summed E-state index contributed by atoms with van der Waals surface area (Å²) in [6.45, 7) is -0.652. The molecule has 6 heteroatoms. The molecule has 3 rings (SSSR count). The lowest BCUT2D eigenvalue weighted by Crippen LogP contribution is -2.33. The van der Waals surface area contributed by atoms with Gasteiger partial charge in [0.2, 0.25) is 0 Å². The second kappa shape index (κ2) is 6.49. The topological polar surface area (TPSA) is 38.0 Å². The van der Waals surface area contributed by atoms with Crippen molar-refractivity contribution in [1.29, 1.82) is 0 Å². The quantitative estimate of drug-likeness (QED) is 0.780. The van der Waals surface area contributed by atoms with Crippen LogP contribution in [0.4, 0.5) is 13.2 Å². The molecule has 0 fully saturated rings. The maximum absolute atomic E-state index is 12.7. The first-order valence-corrected chi connectivity index (χ1v) is 7.38. The first-order valence-electron chi connectivity index (χ1n) is 7.38. The van der Waals surface area contributed by atoms with Crippen LogP contribution in [0.5, 0.6) is 0 Å². The van der Waals surface area contributed by atoms with E-state index >= 15 is 0 Å². The molecule has 1 unspecified atom stereocenters. The molecule has 0 bridgehead atoms. The predicted molar refractivity (Wildman–Crippen MR) is 85.2 cm³/mol. The summed E-state index contributed by atoms with van der Waals surface area (Å²) in [5.41, 5.74) is 2.62. The Kier molecular flexibility index (Phi) is 4.40. The van der Waals surface area contributed by atoms with Crippen molar-refractivity contribution in [1.82, 2.24) is 9.78 Å². The minimum absolute atomic E-state index is 0.526. The number of hydrogen-bond donors (Lipinski definition) is 1. The average Bonchev–Trinajstić information content (AvgIpc) is 2.99. The third-order valence-corrected chi connectivity index (χ3v) is 3.64.